The monoisotopic (exact) mass is 318 g/mol. The van der Waals surface area contributed by atoms with Crippen molar-refractivity contribution in [3.63, 3.8) is 0 Å². The number of benzene rings is 1. The molecule has 0 fully saturated rings. The van der Waals surface area contributed by atoms with E-state index in [0.29, 0.717) is 10.8 Å². The van der Waals surface area contributed by atoms with E-state index in [1.54, 1.807) is 6.07 Å². The number of sulfone groups is 1. The number of hydrogen-bond acceptors (Lipinski definition) is 2. The third-order valence-corrected chi connectivity index (χ3v) is 4.61. The van der Waals surface area contributed by atoms with E-state index in [2.05, 4.69) is 29.8 Å². The maximum atomic E-state index is 11.8. The van der Waals surface area contributed by atoms with Gasteiger partial charge < -0.3 is 0 Å². The highest BCUT2D eigenvalue weighted by atomic mass is 79.9. The lowest BCUT2D eigenvalue weighted by Gasteiger charge is -2.17. The van der Waals surface area contributed by atoms with Crippen molar-refractivity contribution >= 4 is 25.8 Å². The second-order valence-electron chi connectivity index (χ2n) is 4.99. The lowest BCUT2D eigenvalue weighted by atomic mass is 9.97. The van der Waals surface area contributed by atoms with Gasteiger partial charge in [-0.15, -0.1) is 0 Å². The summed E-state index contributed by atoms with van der Waals surface area (Å²) in [4.78, 5) is 0.458. The molecule has 0 aliphatic rings. The molecule has 0 aliphatic carbocycles. The maximum Gasteiger partial charge on any atom is 0.175 e. The first kappa shape index (κ1) is 14.7. The van der Waals surface area contributed by atoms with E-state index in [4.69, 9.17) is 0 Å². The Bertz CT molecular complexity index is 516. The molecule has 1 rings (SSSR count). The Morgan fingerprint density at radius 3 is 1.82 bits per heavy atom. The summed E-state index contributed by atoms with van der Waals surface area (Å²) >= 11 is 3.52. The number of halogens is 1. The molecule has 0 aromatic heterocycles. The van der Waals surface area contributed by atoms with Crippen LogP contribution >= 0.6 is 15.9 Å². The first-order chi connectivity index (χ1) is 7.64. The van der Waals surface area contributed by atoms with Crippen LogP contribution in [0.5, 0.6) is 0 Å². The normalized spacial score (nSPS) is 12.5. The minimum absolute atomic E-state index is 0.192. The van der Waals surface area contributed by atoms with Crippen molar-refractivity contribution in [1.82, 2.24) is 0 Å². The Kier molecular flexibility index (Phi) is 4.42. The summed E-state index contributed by atoms with van der Waals surface area (Å²) in [6.07, 6.45) is 1.27. The molecule has 0 spiro atoms. The third-order valence-electron chi connectivity index (χ3n) is 2.77. The topological polar surface area (TPSA) is 34.1 Å². The fourth-order valence-electron chi connectivity index (χ4n) is 1.80. The zero-order valence-electron chi connectivity index (χ0n) is 10.9. The minimum Gasteiger partial charge on any atom is -0.224 e. The van der Waals surface area contributed by atoms with Gasteiger partial charge in [-0.1, -0.05) is 43.6 Å². The zero-order valence-corrected chi connectivity index (χ0v) is 13.3. The van der Waals surface area contributed by atoms with Gasteiger partial charge in [0.15, 0.2) is 9.84 Å². The standard InChI is InChI=1S/C13H19BrO2S/c1-8(2)10-7-13(17(5,15)16)11(9(3)4)6-12(10)14/h6-9H,1-5H3. The van der Waals surface area contributed by atoms with E-state index >= 15 is 0 Å². The largest absolute Gasteiger partial charge is 0.224 e. The molecule has 0 N–H and O–H groups in total. The molecular weight excluding hydrogens is 300 g/mol. The molecule has 1 aromatic carbocycles. The zero-order chi connectivity index (χ0) is 13.4. The number of hydrogen-bond donors (Lipinski definition) is 0. The summed E-state index contributed by atoms with van der Waals surface area (Å²) in [6.45, 7) is 8.12. The average molecular weight is 319 g/mol. The summed E-state index contributed by atoms with van der Waals surface area (Å²) in [5.41, 5.74) is 1.92. The van der Waals surface area contributed by atoms with Crippen molar-refractivity contribution in [1.29, 1.82) is 0 Å². The summed E-state index contributed by atoms with van der Waals surface area (Å²) in [7, 11) is -3.17. The SMILES string of the molecule is CC(C)c1cc(S(C)(=O)=O)c(C(C)C)cc1Br. The molecule has 2 nitrogen and oxygen atoms in total. The van der Waals surface area contributed by atoms with E-state index in [9.17, 15) is 8.42 Å². The molecule has 96 valence electrons. The molecule has 0 heterocycles. The van der Waals surface area contributed by atoms with Crippen molar-refractivity contribution in [2.45, 2.75) is 44.4 Å². The smallest absolute Gasteiger partial charge is 0.175 e. The van der Waals surface area contributed by atoms with Gasteiger partial charge in [0.2, 0.25) is 0 Å². The van der Waals surface area contributed by atoms with Crippen LogP contribution in [0, 0.1) is 0 Å². The van der Waals surface area contributed by atoms with E-state index in [1.807, 2.05) is 19.9 Å². The van der Waals surface area contributed by atoms with Gasteiger partial charge in [-0.25, -0.2) is 8.42 Å². The van der Waals surface area contributed by atoms with Gasteiger partial charge in [0, 0.05) is 10.7 Å². The highest BCUT2D eigenvalue weighted by Crippen LogP contribution is 2.33. The Hall–Kier alpha value is -0.350. The van der Waals surface area contributed by atoms with Gasteiger partial charge >= 0.3 is 0 Å². The van der Waals surface area contributed by atoms with Gasteiger partial charge in [0.05, 0.1) is 4.90 Å². The second-order valence-corrected chi connectivity index (χ2v) is 7.83. The van der Waals surface area contributed by atoms with E-state index < -0.39 is 9.84 Å². The molecule has 0 unspecified atom stereocenters. The molecule has 0 radical (unpaired) electrons. The van der Waals surface area contributed by atoms with Gasteiger partial charge in [0.1, 0.15) is 0 Å². The second kappa shape index (κ2) is 5.11. The fraction of sp³-hybridized carbons (Fsp3) is 0.538. The average Bonchev–Trinajstić information content (AvgIpc) is 2.14. The molecule has 0 saturated heterocycles. The maximum absolute atomic E-state index is 11.8. The molecule has 1 aromatic rings. The minimum atomic E-state index is -3.17. The van der Waals surface area contributed by atoms with Gasteiger partial charge in [0.25, 0.3) is 0 Å². The molecule has 0 atom stereocenters. The summed E-state index contributed by atoms with van der Waals surface area (Å²) in [5.74, 6) is 0.489. The summed E-state index contributed by atoms with van der Waals surface area (Å²) in [6, 6.07) is 3.75. The van der Waals surface area contributed by atoms with Crippen LogP contribution < -0.4 is 0 Å². The molecule has 0 bridgehead atoms. The van der Waals surface area contributed by atoms with Crippen LogP contribution in [0.3, 0.4) is 0 Å². The number of rotatable bonds is 3. The van der Waals surface area contributed by atoms with Crippen LogP contribution in [0.1, 0.15) is 50.7 Å². The van der Waals surface area contributed by atoms with E-state index in [1.165, 1.54) is 6.26 Å². The predicted molar refractivity (Wildman–Crippen MR) is 75.4 cm³/mol. The van der Waals surface area contributed by atoms with Crippen molar-refractivity contribution in [2.75, 3.05) is 6.26 Å². The third kappa shape index (κ3) is 3.32. The van der Waals surface area contributed by atoms with Gasteiger partial charge in [-0.3, -0.25) is 0 Å². The van der Waals surface area contributed by atoms with Crippen molar-refractivity contribution in [3.05, 3.63) is 27.7 Å². The molecule has 0 amide bonds. The van der Waals surface area contributed by atoms with Gasteiger partial charge in [-0.05, 0) is 35.1 Å². The fourth-order valence-corrected chi connectivity index (χ4v) is 3.68. The lowest BCUT2D eigenvalue weighted by molar-refractivity contribution is 0.599. The van der Waals surface area contributed by atoms with Crippen molar-refractivity contribution < 1.29 is 8.42 Å². The molecule has 0 saturated carbocycles. The Balaban J connectivity index is 3.60. The Morgan fingerprint density at radius 1 is 1.00 bits per heavy atom. The predicted octanol–water partition coefficient (Wildman–Crippen LogP) is 4.10. The first-order valence-corrected chi connectivity index (χ1v) is 8.36. The lowest BCUT2D eigenvalue weighted by Crippen LogP contribution is -2.06. The molecular formula is C13H19BrO2S. The van der Waals surface area contributed by atoms with Crippen LogP contribution in [-0.2, 0) is 9.84 Å². The van der Waals surface area contributed by atoms with Crippen LogP contribution in [0.2, 0.25) is 0 Å². The van der Waals surface area contributed by atoms with Crippen LogP contribution in [0.25, 0.3) is 0 Å². The molecule has 17 heavy (non-hydrogen) atoms. The quantitative estimate of drug-likeness (QED) is 0.840. The van der Waals surface area contributed by atoms with Crippen LogP contribution in [0.15, 0.2) is 21.5 Å². The van der Waals surface area contributed by atoms with Crippen molar-refractivity contribution in [3.8, 4) is 0 Å². The van der Waals surface area contributed by atoms with Gasteiger partial charge in [-0.2, -0.15) is 0 Å². The van der Waals surface area contributed by atoms with Crippen LogP contribution in [-0.4, -0.2) is 14.7 Å². The Labute approximate surface area is 112 Å². The summed E-state index contributed by atoms with van der Waals surface area (Å²) < 4.78 is 24.6. The first-order valence-electron chi connectivity index (χ1n) is 5.68. The van der Waals surface area contributed by atoms with E-state index in [0.717, 1.165) is 15.6 Å². The van der Waals surface area contributed by atoms with Crippen molar-refractivity contribution in [2.24, 2.45) is 0 Å². The van der Waals surface area contributed by atoms with E-state index in [-0.39, 0.29) is 5.92 Å². The Morgan fingerprint density at radius 2 is 1.47 bits per heavy atom. The summed E-state index contributed by atoms with van der Waals surface area (Å²) in [5, 5.41) is 0. The highest BCUT2D eigenvalue weighted by molar-refractivity contribution is 9.10. The molecule has 4 heteroatoms. The molecule has 0 aliphatic heterocycles. The highest BCUT2D eigenvalue weighted by Gasteiger charge is 2.19. The van der Waals surface area contributed by atoms with Crippen LogP contribution in [0.4, 0.5) is 0 Å².